The number of rotatable bonds is 3. The quantitative estimate of drug-likeness (QED) is 0.648. The molecular formula is C9H17NO2. The van der Waals surface area contributed by atoms with Crippen LogP contribution in [0.25, 0.3) is 0 Å². The van der Waals surface area contributed by atoms with E-state index in [-0.39, 0.29) is 18.4 Å². The van der Waals surface area contributed by atoms with Crippen molar-refractivity contribution in [1.29, 1.82) is 0 Å². The summed E-state index contributed by atoms with van der Waals surface area (Å²) < 4.78 is 0. The van der Waals surface area contributed by atoms with Crippen molar-refractivity contribution in [2.24, 2.45) is 11.7 Å². The summed E-state index contributed by atoms with van der Waals surface area (Å²) in [5.74, 6) is 0.377. The maximum absolute atomic E-state index is 10.9. The SMILES string of the molecule is NC1CCCC(CC(=O)CO)C1. The van der Waals surface area contributed by atoms with Crippen LogP contribution in [0.15, 0.2) is 0 Å². The normalized spacial score (nSPS) is 30.2. The van der Waals surface area contributed by atoms with Crippen molar-refractivity contribution in [3.05, 3.63) is 0 Å². The summed E-state index contributed by atoms with van der Waals surface area (Å²) in [6.07, 6.45) is 4.78. The Hall–Kier alpha value is -0.410. The van der Waals surface area contributed by atoms with Gasteiger partial charge in [-0.3, -0.25) is 4.79 Å². The van der Waals surface area contributed by atoms with E-state index in [0.29, 0.717) is 12.3 Å². The Kier molecular flexibility index (Phi) is 3.69. The van der Waals surface area contributed by atoms with Gasteiger partial charge in [-0.15, -0.1) is 0 Å². The number of ketones is 1. The summed E-state index contributed by atoms with van der Waals surface area (Å²) in [4.78, 5) is 10.9. The Labute approximate surface area is 72.9 Å². The highest BCUT2D eigenvalue weighted by Gasteiger charge is 2.20. The lowest BCUT2D eigenvalue weighted by Crippen LogP contribution is -2.29. The van der Waals surface area contributed by atoms with Crippen molar-refractivity contribution in [2.45, 2.75) is 38.1 Å². The first-order valence-electron chi connectivity index (χ1n) is 4.60. The van der Waals surface area contributed by atoms with E-state index in [4.69, 9.17) is 10.8 Å². The average molecular weight is 171 g/mol. The van der Waals surface area contributed by atoms with Crippen molar-refractivity contribution in [2.75, 3.05) is 6.61 Å². The zero-order valence-electron chi connectivity index (χ0n) is 7.33. The second-order valence-electron chi connectivity index (χ2n) is 3.69. The van der Waals surface area contributed by atoms with Gasteiger partial charge < -0.3 is 10.8 Å². The Morgan fingerprint density at radius 3 is 2.83 bits per heavy atom. The molecule has 0 heterocycles. The predicted molar refractivity (Wildman–Crippen MR) is 46.6 cm³/mol. The fraction of sp³-hybridized carbons (Fsp3) is 0.889. The highest BCUT2D eigenvalue weighted by molar-refractivity contribution is 5.79. The average Bonchev–Trinajstić information content (AvgIpc) is 2.04. The third-order valence-electron chi connectivity index (χ3n) is 2.52. The monoisotopic (exact) mass is 171 g/mol. The van der Waals surface area contributed by atoms with Gasteiger partial charge in [0.1, 0.15) is 6.61 Å². The molecule has 0 bridgehead atoms. The number of Topliss-reactive ketones (excluding diaryl/α,β-unsaturated/α-hetero) is 1. The topological polar surface area (TPSA) is 63.3 Å². The van der Waals surface area contributed by atoms with Gasteiger partial charge in [0.2, 0.25) is 0 Å². The molecule has 1 aliphatic carbocycles. The fourth-order valence-electron chi connectivity index (χ4n) is 1.90. The number of aliphatic hydroxyl groups is 1. The highest BCUT2D eigenvalue weighted by Crippen LogP contribution is 2.25. The van der Waals surface area contributed by atoms with Crippen molar-refractivity contribution in [3.63, 3.8) is 0 Å². The molecule has 12 heavy (non-hydrogen) atoms. The van der Waals surface area contributed by atoms with Gasteiger partial charge in [-0.1, -0.05) is 6.42 Å². The second kappa shape index (κ2) is 4.58. The number of carbonyl (C=O) groups is 1. The van der Waals surface area contributed by atoms with Crippen LogP contribution in [0.2, 0.25) is 0 Å². The molecule has 0 amide bonds. The van der Waals surface area contributed by atoms with Crippen LogP contribution >= 0.6 is 0 Å². The van der Waals surface area contributed by atoms with Crippen molar-refractivity contribution >= 4 is 5.78 Å². The Bertz CT molecular complexity index is 159. The summed E-state index contributed by atoms with van der Waals surface area (Å²) in [6, 6.07) is 0.273. The van der Waals surface area contributed by atoms with E-state index in [1.165, 1.54) is 0 Å². The lowest BCUT2D eigenvalue weighted by atomic mass is 9.83. The largest absolute Gasteiger partial charge is 0.389 e. The lowest BCUT2D eigenvalue weighted by Gasteiger charge is -2.25. The second-order valence-corrected chi connectivity index (χ2v) is 3.69. The van der Waals surface area contributed by atoms with Crippen LogP contribution in [0.4, 0.5) is 0 Å². The maximum atomic E-state index is 10.9. The van der Waals surface area contributed by atoms with E-state index in [2.05, 4.69) is 0 Å². The van der Waals surface area contributed by atoms with Crippen molar-refractivity contribution < 1.29 is 9.90 Å². The minimum absolute atomic E-state index is 0.0471. The van der Waals surface area contributed by atoms with Crippen LogP contribution in [-0.2, 0) is 4.79 Å². The molecule has 0 saturated heterocycles. The Balaban J connectivity index is 2.27. The molecule has 1 saturated carbocycles. The van der Waals surface area contributed by atoms with Gasteiger partial charge in [0.25, 0.3) is 0 Å². The molecule has 0 aromatic rings. The predicted octanol–water partition coefficient (Wildman–Crippen LogP) is 0.455. The minimum atomic E-state index is -0.314. The van der Waals surface area contributed by atoms with Crippen LogP contribution in [0, 0.1) is 5.92 Å². The smallest absolute Gasteiger partial charge is 0.158 e. The van der Waals surface area contributed by atoms with E-state index < -0.39 is 0 Å². The standard InChI is InChI=1S/C9H17NO2/c10-8-3-1-2-7(4-8)5-9(12)6-11/h7-8,11H,1-6,10H2. The van der Waals surface area contributed by atoms with Crippen molar-refractivity contribution in [3.8, 4) is 0 Å². The molecule has 0 aliphatic heterocycles. The molecule has 0 aromatic carbocycles. The zero-order valence-corrected chi connectivity index (χ0v) is 7.33. The number of carbonyl (C=O) groups excluding carboxylic acids is 1. The summed E-state index contributed by atoms with van der Waals surface area (Å²) in [5.41, 5.74) is 5.77. The number of hydrogen-bond donors (Lipinski definition) is 2. The van der Waals surface area contributed by atoms with E-state index >= 15 is 0 Å². The molecule has 0 spiro atoms. The molecule has 1 fully saturated rings. The minimum Gasteiger partial charge on any atom is -0.389 e. The third-order valence-corrected chi connectivity index (χ3v) is 2.52. The number of aliphatic hydroxyl groups excluding tert-OH is 1. The van der Waals surface area contributed by atoms with Gasteiger partial charge in [-0.05, 0) is 25.2 Å². The molecule has 0 aromatic heterocycles. The highest BCUT2D eigenvalue weighted by atomic mass is 16.3. The van der Waals surface area contributed by atoms with Crippen molar-refractivity contribution in [1.82, 2.24) is 0 Å². The molecule has 70 valence electrons. The molecule has 2 unspecified atom stereocenters. The van der Waals surface area contributed by atoms with Crippen LogP contribution in [0.5, 0.6) is 0 Å². The van der Waals surface area contributed by atoms with E-state index in [0.717, 1.165) is 25.7 Å². The molecule has 3 heteroatoms. The number of nitrogens with two attached hydrogens (primary N) is 1. The van der Waals surface area contributed by atoms with Crippen LogP contribution < -0.4 is 5.73 Å². The van der Waals surface area contributed by atoms with Gasteiger partial charge >= 0.3 is 0 Å². The Morgan fingerprint density at radius 2 is 2.25 bits per heavy atom. The van der Waals surface area contributed by atoms with Gasteiger partial charge in [-0.2, -0.15) is 0 Å². The van der Waals surface area contributed by atoms with Crippen LogP contribution in [0.3, 0.4) is 0 Å². The Morgan fingerprint density at radius 1 is 1.50 bits per heavy atom. The first kappa shape index (κ1) is 9.68. The molecule has 3 N–H and O–H groups in total. The third kappa shape index (κ3) is 2.91. The summed E-state index contributed by atoms with van der Waals surface area (Å²) in [7, 11) is 0. The molecule has 3 nitrogen and oxygen atoms in total. The molecule has 0 radical (unpaired) electrons. The molecule has 1 rings (SSSR count). The van der Waals surface area contributed by atoms with Gasteiger partial charge in [0.15, 0.2) is 5.78 Å². The van der Waals surface area contributed by atoms with E-state index in [9.17, 15) is 4.79 Å². The van der Waals surface area contributed by atoms with Crippen LogP contribution in [0.1, 0.15) is 32.1 Å². The molecule has 1 aliphatic rings. The maximum Gasteiger partial charge on any atom is 0.158 e. The van der Waals surface area contributed by atoms with E-state index in [1.54, 1.807) is 0 Å². The van der Waals surface area contributed by atoms with Gasteiger partial charge in [0.05, 0.1) is 0 Å². The van der Waals surface area contributed by atoms with E-state index in [1.807, 2.05) is 0 Å². The summed E-state index contributed by atoms with van der Waals surface area (Å²) in [5, 5.41) is 8.55. The van der Waals surface area contributed by atoms with Gasteiger partial charge in [0, 0.05) is 12.5 Å². The first-order valence-corrected chi connectivity index (χ1v) is 4.60. The summed E-state index contributed by atoms with van der Waals surface area (Å²) in [6.45, 7) is -0.314. The summed E-state index contributed by atoms with van der Waals surface area (Å²) >= 11 is 0. The molecular weight excluding hydrogens is 154 g/mol. The first-order chi connectivity index (χ1) is 5.72. The zero-order chi connectivity index (χ0) is 8.97. The van der Waals surface area contributed by atoms with Crippen LogP contribution in [-0.4, -0.2) is 23.5 Å². The lowest BCUT2D eigenvalue weighted by molar-refractivity contribution is -0.122. The molecule has 2 atom stereocenters. The van der Waals surface area contributed by atoms with Gasteiger partial charge in [-0.25, -0.2) is 0 Å². The number of hydrogen-bond acceptors (Lipinski definition) is 3. The fourth-order valence-corrected chi connectivity index (χ4v) is 1.90.